The highest BCUT2D eigenvalue weighted by atomic mass is 16.5. The maximum atomic E-state index is 13.2. The van der Waals surface area contributed by atoms with E-state index in [1.54, 1.807) is 0 Å². The molecule has 2 saturated heterocycles. The van der Waals surface area contributed by atoms with Gasteiger partial charge in [0.15, 0.2) is 0 Å². The Balaban J connectivity index is 1.10. The SMILES string of the molecule is Cc1cc(C)n(Cc2ccc(C(=O)N3CCCC(COc4ccc(CN5CCOCC5)cc4)C3)cc2)n1. The Morgan fingerprint density at radius 3 is 2.38 bits per heavy atom. The first-order valence-electron chi connectivity index (χ1n) is 13.4. The van der Waals surface area contributed by atoms with E-state index in [2.05, 4.69) is 47.3 Å². The molecule has 1 aromatic heterocycles. The Bertz CT molecular complexity index is 1170. The molecule has 0 aliphatic carbocycles. The zero-order valence-corrected chi connectivity index (χ0v) is 22.1. The topological polar surface area (TPSA) is 59.8 Å². The molecule has 7 heteroatoms. The van der Waals surface area contributed by atoms with Gasteiger partial charge in [-0.1, -0.05) is 24.3 Å². The van der Waals surface area contributed by atoms with Gasteiger partial charge in [-0.2, -0.15) is 5.10 Å². The van der Waals surface area contributed by atoms with Crippen LogP contribution in [0.1, 0.15) is 45.7 Å². The van der Waals surface area contributed by atoms with Gasteiger partial charge in [0.05, 0.1) is 32.1 Å². The standard InChI is InChI=1S/C30H38N4O3/c1-23-18-24(2)34(31-23)21-26-5-9-28(10-6-26)30(35)33-13-3-4-27(20-33)22-37-29-11-7-25(8-12-29)19-32-14-16-36-17-15-32/h5-12,18,27H,3-4,13-17,19-22H2,1-2H3. The van der Waals surface area contributed by atoms with Gasteiger partial charge in [-0.05, 0) is 68.1 Å². The summed E-state index contributed by atoms with van der Waals surface area (Å²) in [4.78, 5) is 17.6. The van der Waals surface area contributed by atoms with Gasteiger partial charge in [0.25, 0.3) is 5.91 Å². The fourth-order valence-electron chi connectivity index (χ4n) is 5.25. The Hall–Kier alpha value is -3.16. The molecule has 3 aromatic rings. The van der Waals surface area contributed by atoms with Crippen molar-refractivity contribution in [2.75, 3.05) is 46.0 Å². The number of hydrogen-bond donors (Lipinski definition) is 0. The van der Waals surface area contributed by atoms with Gasteiger partial charge in [0.1, 0.15) is 5.75 Å². The fourth-order valence-corrected chi connectivity index (χ4v) is 5.25. The highest BCUT2D eigenvalue weighted by Crippen LogP contribution is 2.22. The summed E-state index contributed by atoms with van der Waals surface area (Å²) in [6.45, 7) is 11.5. The molecule has 0 bridgehead atoms. The Labute approximate surface area is 220 Å². The first-order chi connectivity index (χ1) is 18.0. The molecule has 2 aromatic carbocycles. The monoisotopic (exact) mass is 502 g/mol. The van der Waals surface area contributed by atoms with Crippen LogP contribution in [0.2, 0.25) is 0 Å². The van der Waals surface area contributed by atoms with Crippen molar-refractivity contribution in [2.24, 2.45) is 5.92 Å². The molecule has 1 amide bonds. The Kier molecular flexibility index (Phi) is 8.21. The minimum atomic E-state index is 0.106. The Morgan fingerprint density at radius 1 is 0.973 bits per heavy atom. The third-order valence-corrected chi connectivity index (χ3v) is 7.36. The van der Waals surface area contributed by atoms with E-state index in [4.69, 9.17) is 9.47 Å². The molecule has 0 spiro atoms. The molecule has 3 heterocycles. The maximum absolute atomic E-state index is 13.2. The lowest BCUT2D eigenvalue weighted by molar-refractivity contribution is 0.0342. The average Bonchev–Trinajstić information content (AvgIpc) is 3.25. The second kappa shape index (κ2) is 11.9. The van der Waals surface area contributed by atoms with E-state index in [1.807, 2.05) is 40.8 Å². The lowest BCUT2D eigenvalue weighted by Crippen LogP contribution is -2.41. The summed E-state index contributed by atoms with van der Waals surface area (Å²) < 4.78 is 13.6. The van der Waals surface area contributed by atoms with Crippen LogP contribution in [0.5, 0.6) is 5.75 Å². The van der Waals surface area contributed by atoms with E-state index >= 15 is 0 Å². The van der Waals surface area contributed by atoms with Crippen LogP contribution in [0.4, 0.5) is 0 Å². The van der Waals surface area contributed by atoms with Crippen molar-refractivity contribution in [3.05, 3.63) is 82.7 Å². The number of amides is 1. The molecule has 0 N–H and O–H groups in total. The van der Waals surface area contributed by atoms with Crippen molar-refractivity contribution < 1.29 is 14.3 Å². The summed E-state index contributed by atoms with van der Waals surface area (Å²) in [5.41, 5.74) is 5.35. The normalized spacial score (nSPS) is 18.6. The molecular formula is C30H38N4O3. The van der Waals surface area contributed by atoms with Crippen molar-refractivity contribution in [2.45, 2.75) is 39.8 Å². The van der Waals surface area contributed by atoms with Gasteiger partial charge in [-0.15, -0.1) is 0 Å². The van der Waals surface area contributed by atoms with Crippen molar-refractivity contribution >= 4 is 5.91 Å². The van der Waals surface area contributed by atoms with Crippen LogP contribution < -0.4 is 4.74 Å². The third-order valence-electron chi connectivity index (χ3n) is 7.36. The fraction of sp³-hybridized carbons (Fsp3) is 0.467. The van der Waals surface area contributed by atoms with E-state index in [0.717, 1.165) is 87.0 Å². The van der Waals surface area contributed by atoms with Crippen LogP contribution in [0, 0.1) is 19.8 Å². The van der Waals surface area contributed by atoms with E-state index in [-0.39, 0.29) is 5.91 Å². The molecule has 1 unspecified atom stereocenters. The molecule has 7 nitrogen and oxygen atoms in total. The minimum Gasteiger partial charge on any atom is -0.493 e. The van der Waals surface area contributed by atoms with Crippen LogP contribution in [0.25, 0.3) is 0 Å². The van der Waals surface area contributed by atoms with E-state index in [0.29, 0.717) is 19.1 Å². The highest BCUT2D eigenvalue weighted by Gasteiger charge is 2.25. The second-order valence-electron chi connectivity index (χ2n) is 10.4. The molecule has 2 fully saturated rings. The summed E-state index contributed by atoms with van der Waals surface area (Å²) >= 11 is 0. The lowest BCUT2D eigenvalue weighted by atomic mass is 9.98. The van der Waals surface area contributed by atoms with Crippen LogP contribution in [0.15, 0.2) is 54.6 Å². The number of benzene rings is 2. The molecular weight excluding hydrogens is 464 g/mol. The van der Waals surface area contributed by atoms with Crippen LogP contribution in [0.3, 0.4) is 0 Å². The number of nitrogens with zero attached hydrogens (tertiary/aromatic N) is 4. The van der Waals surface area contributed by atoms with E-state index < -0.39 is 0 Å². The van der Waals surface area contributed by atoms with Crippen LogP contribution in [-0.2, 0) is 17.8 Å². The van der Waals surface area contributed by atoms with Crippen molar-refractivity contribution in [3.63, 3.8) is 0 Å². The van der Waals surface area contributed by atoms with Crippen molar-refractivity contribution in [1.82, 2.24) is 19.6 Å². The highest BCUT2D eigenvalue weighted by molar-refractivity contribution is 5.94. The summed E-state index contributed by atoms with van der Waals surface area (Å²) in [5, 5.41) is 4.54. The number of likely N-dealkylation sites (tertiary alicyclic amines) is 1. The molecule has 0 radical (unpaired) electrons. The van der Waals surface area contributed by atoms with Crippen molar-refractivity contribution in [3.8, 4) is 5.75 Å². The first-order valence-corrected chi connectivity index (χ1v) is 13.4. The van der Waals surface area contributed by atoms with Gasteiger partial charge in [0.2, 0.25) is 0 Å². The molecule has 37 heavy (non-hydrogen) atoms. The lowest BCUT2D eigenvalue weighted by Gasteiger charge is -2.32. The molecule has 2 aliphatic rings. The van der Waals surface area contributed by atoms with Crippen LogP contribution >= 0.6 is 0 Å². The zero-order chi connectivity index (χ0) is 25.6. The smallest absolute Gasteiger partial charge is 0.253 e. The number of hydrogen-bond acceptors (Lipinski definition) is 5. The van der Waals surface area contributed by atoms with E-state index in [9.17, 15) is 4.79 Å². The average molecular weight is 503 g/mol. The van der Waals surface area contributed by atoms with Gasteiger partial charge in [0, 0.05) is 49.9 Å². The summed E-state index contributed by atoms with van der Waals surface area (Å²) in [6, 6.07) is 18.5. The number of ether oxygens (including phenoxy) is 2. The van der Waals surface area contributed by atoms with Gasteiger partial charge < -0.3 is 14.4 Å². The number of rotatable bonds is 8. The second-order valence-corrected chi connectivity index (χ2v) is 10.4. The maximum Gasteiger partial charge on any atom is 0.253 e. The summed E-state index contributed by atoms with van der Waals surface area (Å²) in [5.74, 6) is 1.35. The first kappa shape index (κ1) is 25.5. The van der Waals surface area contributed by atoms with E-state index in [1.165, 1.54) is 5.56 Å². The van der Waals surface area contributed by atoms with Crippen LogP contribution in [-0.4, -0.2) is 71.5 Å². The molecule has 196 valence electrons. The molecule has 1 atom stereocenters. The number of aryl methyl sites for hydroxylation is 2. The van der Waals surface area contributed by atoms with Gasteiger partial charge in [-0.3, -0.25) is 14.4 Å². The molecule has 5 rings (SSSR count). The number of aromatic nitrogens is 2. The Morgan fingerprint density at radius 2 is 1.68 bits per heavy atom. The largest absolute Gasteiger partial charge is 0.493 e. The molecule has 2 aliphatic heterocycles. The minimum absolute atomic E-state index is 0.106. The predicted octanol–water partition coefficient (Wildman–Crippen LogP) is 4.31. The van der Waals surface area contributed by atoms with Crippen molar-refractivity contribution in [1.29, 1.82) is 0 Å². The number of carbonyl (C=O) groups is 1. The zero-order valence-electron chi connectivity index (χ0n) is 22.1. The predicted molar refractivity (Wildman–Crippen MR) is 144 cm³/mol. The third kappa shape index (κ3) is 6.79. The van der Waals surface area contributed by atoms with Gasteiger partial charge in [-0.25, -0.2) is 0 Å². The number of piperidine rings is 1. The summed E-state index contributed by atoms with van der Waals surface area (Å²) in [6.07, 6.45) is 2.09. The van der Waals surface area contributed by atoms with Gasteiger partial charge >= 0.3 is 0 Å². The number of morpholine rings is 1. The number of carbonyl (C=O) groups excluding carboxylic acids is 1. The quantitative estimate of drug-likeness (QED) is 0.459. The summed E-state index contributed by atoms with van der Waals surface area (Å²) in [7, 11) is 0. The molecule has 0 saturated carbocycles.